The summed E-state index contributed by atoms with van der Waals surface area (Å²) in [6.07, 6.45) is 2.51. The molecule has 1 rings (SSSR count). The minimum absolute atomic E-state index is 0.126. The molecule has 0 radical (unpaired) electrons. The van der Waals surface area contributed by atoms with Crippen LogP contribution in [-0.2, 0) is 9.53 Å². The Kier molecular flexibility index (Phi) is 6.91. The van der Waals surface area contributed by atoms with Gasteiger partial charge in [-0.15, -0.1) is 0 Å². The van der Waals surface area contributed by atoms with E-state index in [0.29, 0.717) is 11.6 Å². The van der Waals surface area contributed by atoms with Crippen molar-refractivity contribution in [3.05, 3.63) is 22.1 Å². The van der Waals surface area contributed by atoms with Gasteiger partial charge in [0.15, 0.2) is 5.16 Å². The van der Waals surface area contributed by atoms with Gasteiger partial charge in [0.25, 0.3) is 5.56 Å². The maximum atomic E-state index is 11.7. The highest BCUT2D eigenvalue weighted by molar-refractivity contribution is 7.99. The first-order valence-corrected chi connectivity index (χ1v) is 7.88. The number of hydrogen-bond donors (Lipinski definition) is 2. The molecule has 0 aliphatic carbocycles. The van der Waals surface area contributed by atoms with Crippen LogP contribution in [0.4, 0.5) is 0 Å². The first-order chi connectivity index (χ1) is 9.91. The third kappa shape index (κ3) is 5.51. The molecule has 0 amide bonds. The molecule has 1 atom stereocenters. The van der Waals surface area contributed by atoms with Crippen LogP contribution in [0.5, 0.6) is 0 Å². The Morgan fingerprint density at radius 1 is 1.52 bits per heavy atom. The number of thioether (sulfide) groups is 1. The number of carbonyl (C=O) groups excluding carboxylic acids is 1. The van der Waals surface area contributed by atoms with E-state index in [1.54, 1.807) is 14.0 Å². The van der Waals surface area contributed by atoms with Crippen molar-refractivity contribution < 1.29 is 9.53 Å². The van der Waals surface area contributed by atoms with E-state index in [2.05, 4.69) is 15.3 Å². The van der Waals surface area contributed by atoms with E-state index >= 15 is 0 Å². The van der Waals surface area contributed by atoms with Gasteiger partial charge in [0.05, 0.1) is 7.11 Å². The number of aryl methyl sites for hydroxylation is 1. The summed E-state index contributed by atoms with van der Waals surface area (Å²) in [6, 6.07) is 1.47. The highest BCUT2D eigenvalue weighted by atomic mass is 32.2. The minimum Gasteiger partial charge on any atom is -0.468 e. The number of ether oxygens (including phenoxy) is 1. The predicted molar refractivity (Wildman–Crippen MR) is 83.7 cm³/mol. The van der Waals surface area contributed by atoms with Crippen molar-refractivity contribution in [1.82, 2.24) is 15.3 Å². The Labute approximate surface area is 129 Å². The molecule has 118 valence electrons. The van der Waals surface area contributed by atoms with Gasteiger partial charge in [0.1, 0.15) is 5.54 Å². The summed E-state index contributed by atoms with van der Waals surface area (Å²) in [6.45, 7) is 3.64. The molecule has 1 heterocycles. The Morgan fingerprint density at radius 2 is 2.24 bits per heavy atom. The second-order valence-corrected chi connectivity index (χ2v) is 6.15. The lowest BCUT2D eigenvalue weighted by Crippen LogP contribution is -2.48. The molecular weight excluding hydrogens is 290 g/mol. The number of aromatic amines is 1. The van der Waals surface area contributed by atoms with Crippen molar-refractivity contribution in [2.24, 2.45) is 0 Å². The lowest BCUT2D eigenvalue weighted by atomic mass is 9.95. The van der Waals surface area contributed by atoms with Gasteiger partial charge >= 0.3 is 5.97 Å². The molecule has 0 spiro atoms. The van der Waals surface area contributed by atoms with Crippen LogP contribution in [-0.4, -0.2) is 41.4 Å². The van der Waals surface area contributed by atoms with Crippen LogP contribution in [0.1, 0.15) is 31.9 Å². The molecule has 0 saturated carbocycles. The fraction of sp³-hybridized carbons (Fsp3) is 0.643. The van der Waals surface area contributed by atoms with Gasteiger partial charge in [-0.1, -0.05) is 18.2 Å². The fourth-order valence-corrected chi connectivity index (χ4v) is 2.85. The monoisotopic (exact) mass is 313 g/mol. The second-order valence-electron chi connectivity index (χ2n) is 5.07. The van der Waals surface area contributed by atoms with Crippen LogP contribution >= 0.6 is 11.8 Å². The van der Waals surface area contributed by atoms with Gasteiger partial charge in [0, 0.05) is 17.5 Å². The first-order valence-electron chi connectivity index (χ1n) is 6.89. The maximum absolute atomic E-state index is 11.7. The second kappa shape index (κ2) is 8.19. The molecule has 1 unspecified atom stereocenters. The van der Waals surface area contributed by atoms with E-state index < -0.39 is 5.54 Å². The van der Waals surface area contributed by atoms with Crippen LogP contribution in [0.3, 0.4) is 0 Å². The highest BCUT2D eigenvalue weighted by Gasteiger charge is 2.31. The number of rotatable bonds is 8. The maximum Gasteiger partial charge on any atom is 0.325 e. The van der Waals surface area contributed by atoms with Gasteiger partial charge in [-0.05, 0) is 33.7 Å². The number of unbranched alkanes of at least 4 members (excludes halogenated alkanes) is 1. The van der Waals surface area contributed by atoms with Crippen LogP contribution in [0, 0.1) is 6.92 Å². The molecule has 7 heteroatoms. The number of H-pyrrole nitrogens is 1. The van der Waals surface area contributed by atoms with Gasteiger partial charge in [-0.2, -0.15) is 0 Å². The van der Waals surface area contributed by atoms with Crippen LogP contribution in [0.15, 0.2) is 16.0 Å². The zero-order chi connectivity index (χ0) is 15.9. The highest BCUT2D eigenvalue weighted by Crippen LogP contribution is 2.18. The number of nitrogens with one attached hydrogen (secondary N) is 2. The lowest BCUT2D eigenvalue weighted by Gasteiger charge is -2.25. The standard InChI is InChI=1S/C14H23N3O3S/c1-10-9-11(18)17-13(16-10)21-8-6-5-7-14(2,15-3)12(19)20-4/h9,15H,5-8H2,1-4H3,(H,16,17,18). The van der Waals surface area contributed by atoms with Crippen LogP contribution in [0.2, 0.25) is 0 Å². The quantitative estimate of drug-likeness (QED) is 0.327. The summed E-state index contributed by atoms with van der Waals surface area (Å²) in [7, 11) is 3.15. The van der Waals surface area contributed by atoms with Crippen LogP contribution in [0.25, 0.3) is 0 Å². The molecule has 0 bridgehead atoms. The Balaban J connectivity index is 2.37. The molecular formula is C14H23N3O3S. The first kappa shape index (κ1) is 17.7. The molecule has 0 aliphatic heterocycles. The molecule has 1 aromatic heterocycles. The molecule has 6 nitrogen and oxygen atoms in total. The van der Waals surface area contributed by atoms with Crippen molar-refractivity contribution in [3.8, 4) is 0 Å². The zero-order valence-electron chi connectivity index (χ0n) is 13.0. The Morgan fingerprint density at radius 3 is 2.81 bits per heavy atom. The van der Waals surface area contributed by atoms with Gasteiger partial charge in [0.2, 0.25) is 0 Å². The number of carbonyl (C=O) groups is 1. The van der Waals surface area contributed by atoms with Crippen molar-refractivity contribution in [1.29, 1.82) is 0 Å². The van der Waals surface area contributed by atoms with E-state index in [1.165, 1.54) is 24.9 Å². The molecule has 0 saturated heterocycles. The summed E-state index contributed by atoms with van der Waals surface area (Å²) < 4.78 is 4.80. The summed E-state index contributed by atoms with van der Waals surface area (Å²) in [5, 5.41) is 3.65. The normalized spacial score (nSPS) is 13.7. The largest absolute Gasteiger partial charge is 0.468 e. The average molecular weight is 313 g/mol. The van der Waals surface area contributed by atoms with Gasteiger partial charge in [-0.25, -0.2) is 4.98 Å². The summed E-state index contributed by atoms with van der Waals surface area (Å²) in [5.74, 6) is 0.593. The average Bonchev–Trinajstić information content (AvgIpc) is 2.44. The van der Waals surface area contributed by atoms with E-state index in [0.717, 1.165) is 24.3 Å². The lowest BCUT2D eigenvalue weighted by molar-refractivity contribution is -0.148. The SMILES string of the molecule is CNC(C)(CCCCSc1nc(C)cc(=O)[nH]1)C(=O)OC. The van der Waals surface area contributed by atoms with Gasteiger partial charge in [-0.3, -0.25) is 9.59 Å². The number of nitrogens with zero attached hydrogens (tertiary/aromatic N) is 1. The molecule has 21 heavy (non-hydrogen) atoms. The molecule has 1 aromatic rings. The Bertz CT molecular complexity index is 532. The summed E-state index contributed by atoms with van der Waals surface area (Å²) in [5.41, 5.74) is -0.0527. The predicted octanol–water partition coefficient (Wildman–Crippen LogP) is 1.49. The van der Waals surface area contributed by atoms with Crippen LogP contribution < -0.4 is 10.9 Å². The number of aromatic nitrogens is 2. The smallest absolute Gasteiger partial charge is 0.325 e. The van der Waals surface area contributed by atoms with E-state index in [-0.39, 0.29) is 11.5 Å². The number of likely N-dealkylation sites (N-methyl/N-ethyl adjacent to an activating group) is 1. The molecule has 0 aromatic carbocycles. The van der Waals surface area contributed by atoms with Gasteiger partial charge < -0.3 is 15.0 Å². The molecule has 0 aliphatic rings. The van der Waals surface area contributed by atoms with Crippen molar-refractivity contribution in [3.63, 3.8) is 0 Å². The minimum atomic E-state index is -0.644. The van der Waals surface area contributed by atoms with Crippen molar-refractivity contribution in [2.45, 2.75) is 43.8 Å². The fourth-order valence-electron chi connectivity index (χ4n) is 1.92. The van der Waals surface area contributed by atoms with Crippen molar-refractivity contribution in [2.75, 3.05) is 19.9 Å². The topological polar surface area (TPSA) is 84.1 Å². The van der Waals surface area contributed by atoms with E-state index in [1.807, 2.05) is 6.92 Å². The molecule has 0 fully saturated rings. The Hall–Kier alpha value is -1.34. The molecule has 2 N–H and O–H groups in total. The van der Waals surface area contributed by atoms with E-state index in [9.17, 15) is 9.59 Å². The zero-order valence-corrected chi connectivity index (χ0v) is 13.8. The summed E-state index contributed by atoms with van der Waals surface area (Å²) in [4.78, 5) is 30.0. The number of esters is 1. The third-order valence-corrected chi connectivity index (χ3v) is 4.31. The van der Waals surface area contributed by atoms with E-state index in [4.69, 9.17) is 4.74 Å². The third-order valence-electron chi connectivity index (χ3n) is 3.35. The summed E-state index contributed by atoms with van der Waals surface area (Å²) >= 11 is 1.52. The number of hydrogen-bond acceptors (Lipinski definition) is 6. The number of methoxy groups -OCH3 is 1. The van der Waals surface area contributed by atoms with Crippen molar-refractivity contribution >= 4 is 17.7 Å².